The molecule has 0 heterocycles. The molecule has 0 aliphatic heterocycles. The fraction of sp³-hybridized carbons (Fsp3) is 0.429. The van der Waals surface area contributed by atoms with Gasteiger partial charge in [-0.2, -0.15) is 0 Å². The third-order valence-electron chi connectivity index (χ3n) is 5.40. The topological polar surface area (TPSA) is 9.23 Å². The molecular formula is C21H26F2O. The van der Waals surface area contributed by atoms with Gasteiger partial charge >= 0.3 is 0 Å². The first-order valence-electron chi connectivity index (χ1n) is 8.30. The predicted molar refractivity (Wildman–Crippen MR) is 94.5 cm³/mol. The third-order valence-corrected chi connectivity index (χ3v) is 5.40. The Kier molecular flexibility index (Phi) is 5.32. The molecule has 3 heteroatoms. The Morgan fingerprint density at radius 2 is 1.54 bits per heavy atom. The van der Waals surface area contributed by atoms with E-state index in [0.29, 0.717) is 12.0 Å². The molecule has 0 amide bonds. The van der Waals surface area contributed by atoms with Crippen LogP contribution in [0.5, 0.6) is 5.75 Å². The highest BCUT2D eigenvalue weighted by atomic mass is 19.1. The highest BCUT2D eigenvalue weighted by Crippen LogP contribution is 2.43. The van der Waals surface area contributed by atoms with Crippen LogP contribution in [0.1, 0.15) is 45.2 Å². The van der Waals surface area contributed by atoms with Crippen LogP contribution in [0, 0.1) is 24.0 Å². The van der Waals surface area contributed by atoms with E-state index in [1.807, 2.05) is 18.2 Å². The molecule has 0 fully saturated rings. The maximum absolute atomic E-state index is 14.0. The molecule has 0 N–H and O–H groups in total. The van der Waals surface area contributed by atoms with Crippen molar-refractivity contribution in [1.82, 2.24) is 0 Å². The Balaban J connectivity index is 2.10. The fourth-order valence-corrected chi connectivity index (χ4v) is 2.73. The molecular weight excluding hydrogens is 306 g/mol. The maximum atomic E-state index is 14.0. The van der Waals surface area contributed by atoms with Crippen LogP contribution in [-0.4, -0.2) is 6.61 Å². The van der Waals surface area contributed by atoms with Gasteiger partial charge < -0.3 is 4.74 Å². The van der Waals surface area contributed by atoms with Crippen LogP contribution in [-0.2, 0) is 5.41 Å². The van der Waals surface area contributed by atoms with Crippen LogP contribution < -0.4 is 4.74 Å². The number of aryl methyl sites for hydroxylation is 1. The van der Waals surface area contributed by atoms with E-state index in [0.717, 1.165) is 0 Å². The van der Waals surface area contributed by atoms with E-state index in [1.54, 1.807) is 6.92 Å². The first-order valence-corrected chi connectivity index (χ1v) is 8.30. The monoisotopic (exact) mass is 332 g/mol. The summed E-state index contributed by atoms with van der Waals surface area (Å²) in [4.78, 5) is 0. The molecule has 0 spiro atoms. The summed E-state index contributed by atoms with van der Waals surface area (Å²) < 4.78 is 33.3. The molecule has 2 aromatic carbocycles. The fourth-order valence-electron chi connectivity index (χ4n) is 2.73. The van der Waals surface area contributed by atoms with Gasteiger partial charge in [0.15, 0.2) is 17.4 Å². The summed E-state index contributed by atoms with van der Waals surface area (Å²) in [6.45, 7) is 10.6. The quantitative estimate of drug-likeness (QED) is 0.626. The summed E-state index contributed by atoms with van der Waals surface area (Å²) >= 11 is 0. The molecule has 0 aromatic heterocycles. The smallest absolute Gasteiger partial charge is 0.190 e. The minimum Gasteiger partial charge on any atom is -0.488 e. The molecule has 0 saturated heterocycles. The molecule has 2 aromatic rings. The second kappa shape index (κ2) is 6.92. The van der Waals surface area contributed by atoms with E-state index in [4.69, 9.17) is 4.74 Å². The van der Waals surface area contributed by atoms with Crippen molar-refractivity contribution >= 4 is 0 Å². The zero-order chi connectivity index (χ0) is 18.0. The van der Waals surface area contributed by atoms with Crippen molar-refractivity contribution in [3.63, 3.8) is 0 Å². The van der Waals surface area contributed by atoms with Crippen LogP contribution in [0.25, 0.3) is 0 Å². The minimum absolute atomic E-state index is 0.0959. The Morgan fingerprint density at radius 1 is 0.917 bits per heavy atom. The Hall–Kier alpha value is -1.90. The molecule has 24 heavy (non-hydrogen) atoms. The Morgan fingerprint density at radius 3 is 2.17 bits per heavy atom. The van der Waals surface area contributed by atoms with Gasteiger partial charge in [0, 0.05) is 0 Å². The highest BCUT2D eigenvalue weighted by molar-refractivity contribution is 5.32. The number of ether oxygens (including phenoxy) is 1. The predicted octanol–water partition coefficient (Wildman–Crippen LogP) is 6.05. The van der Waals surface area contributed by atoms with Crippen molar-refractivity contribution in [1.29, 1.82) is 0 Å². The largest absolute Gasteiger partial charge is 0.488 e. The molecule has 0 saturated carbocycles. The van der Waals surface area contributed by atoms with Crippen molar-refractivity contribution in [2.75, 3.05) is 6.61 Å². The van der Waals surface area contributed by atoms with E-state index in [1.165, 1.54) is 17.7 Å². The second-order valence-electron chi connectivity index (χ2n) is 7.48. The number of benzene rings is 2. The number of hydrogen-bond acceptors (Lipinski definition) is 1. The third kappa shape index (κ3) is 3.61. The van der Waals surface area contributed by atoms with Crippen LogP contribution in [0.3, 0.4) is 0 Å². The van der Waals surface area contributed by atoms with Crippen molar-refractivity contribution in [2.45, 2.75) is 46.5 Å². The van der Waals surface area contributed by atoms with Gasteiger partial charge in [-0.05, 0) is 41.4 Å². The Bertz CT molecular complexity index is 690. The first-order chi connectivity index (χ1) is 11.2. The molecule has 0 radical (unpaired) electrons. The minimum atomic E-state index is -0.654. The van der Waals surface area contributed by atoms with Crippen molar-refractivity contribution < 1.29 is 13.5 Å². The number of hydrogen-bond donors (Lipinski definition) is 0. The maximum Gasteiger partial charge on any atom is 0.190 e. The van der Waals surface area contributed by atoms with Crippen molar-refractivity contribution in [3.8, 4) is 5.75 Å². The summed E-state index contributed by atoms with van der Waals surface area (Å²) in [5.74, 6) is -1.54. The number of rotatable bonds is 6. The SMILES string of the molecule is Cc1ccc(F)c(OCCC(C)(C)C(C)(C)c2ccccc2)c1F. The van der Waals surface area contributed by atoms with Gasteiger partial charge in [-0.3, -0.25) is 0 Å². The molecule has 0 unspecified atom stereocenters. The summed E-state index contributed by atoms with van der Waals surface area (Å²) in [7, 11) is 0. The van der Waals surface area contributed by atoms with E-state index in [2.05, 4.69) is 39.8 Å². The average molecular weight is 332 g/mol. The van der Waals surface area contributed by atoms with Crippen molar-refractivity contribution in [3.05, 3.63) is 65.2 Å². The van der Waals surface area contributed by atoms with Gasteiger partial charge in [-0.25, -0.2) is 8.78 Å². The molecule has 130 valence electrons. The van der Waals surface area contributed by atoms with Gasteiger partial charge in [0.05, 0.1) is 6.61 Å². The van der Waals surface area contributed by atoms with E-state index >= 15 is 0 Å². The summed E-state index contributed by atoms with van der Waals surface area (Å²) in [5, 5.41) is 0. The lowest BCUT2D eigenvalue weighted by Crippen LogP contribution is -2.37. The van der Waals surface area contributed by atoms with Gasteiger partial charge in [-0.15, -0.1) is 0 Å². The molecule has 1 nitrogen and oxygen atoms in total. The molecule has 0 bridgehead atoms. The van der Waals surface area contributed by atoms with Crippen LogP contribution in [0.2, 0.25) is 0 Å². The van der Waals surface area contributed by atoms with Crippen LogP contribution >= 0.6 is 0 Å². The van der Waals surface area contributed by atoms with Gasteiger partial charge in [0.2, 0.25) is 0 Å². The lowest BCUT2D eigenvalue weighted by atomic mass is 9.63. The van der Waals surface area contributed by atoms with Gasteiger partial charge in [-0.1, -0.05) is 64.1 Å². The Labute approximate surface area is 143 Å². The summed E-state index contributed by atoms with van der Waals surface area (Å²) in [6, 6.07) is 12.9. The summed E-state index contributed by atoms with van der Waals surface area (Å²) in [5.41, 5.74) is 1.42. The van der Waals surface area contributed by atoms with Crippen molar-refractivity contribution in [2.24, 2.45) is 5.41 Å². The molecule has 0 aliphatic carbocycles. The van der Waals surface area contributed by atoms with Gasteiger partial charge in [0.25, 0.3) is 0 Å². The zero-order valence-corrected chi connectivity index (χ0v) is 15.1. The number of halogens is 2. The van der Waals surface area contributed by atoms with Crippen LogP contribution in [0.4, 0.5) is 8.78 Å². The normalized spacial score (nSPS) is 12.3. The average Bonchev–Trinajstić information content (AvgIpc) is 2.55. The van der Waals surface area contributed by atoms with E-state index in [9.17, 15) is 8.78 Å². The molecule has 0 atom stereocenters. The lowest BCUT2D eigenvalue weighted by Gasteiger charge is -2.42. The lowest BCUT2D eigenvalue weighted by molar-refractivity contribution is 0.139. The van der Waals surface area contributed by atoms with E-state index < -0.39 is 11.6 Å². The standard InChI is InChI=1S/C21H26F2O/c1-15-11-12-17(22)19(18(15)23)24-14-13-20(2,3)21(4,5)16-9-7-6-8-10-16/h6-12H,13-14H2,1-5H3. The first kappa shape index (κ1) is 18.4. The zero-order valence-electron chi connectivity index (χ0n) is 15.1. The highest BCUT2D eigenvalue weighted by Gasteiger charge is 2.38. The van der Waals surface area contributed by atoms with Crippen LogP contribution in [0.15, 0.2) is 42.5 Å². The summed E-state index contributed by atoms with van der Waals surface area (Å²) in [6.07, 6.45) is 0.682. The van der Waals surface area contributed by atoms with E-state index in [-0.39, 0.29) is 23.2 Å². The molecule has 2 rings (SSSR count). The van der Waals surface area contributed by atoms with Gasteiger partial charge in [0.1, 0.15) is 0 Å². The molecule has 0 aliphatic rings. The second-order valence-corrected chi connectivity index (χ2v) is 7.48.